The van der Waals surface area contributed by atoms with Gasteiger partial charge in [-0.15, -0.1) is 0 Å². The number of aryl methyl sites for hydroxylation is 1. The maximum atomic E-state index is 12.6. The molecule has 0 atom stereocenters. The smallest absolute Gasteiger partial charge is 0.224 e. The van der Waals surface area contributed by atoms with E-state index in [9.17, 15) is 4.79 Å². The molecule has 0 unspecified atom stereocenters. The zero-order valence-electron chi connectivity index (χ0n) is 17.4. The summed E-state index contributed by atoms with van der Waals surface area (Å²) in [5, 5.41) is 7.69. The minimum Gasteiger partial charge on any atom is -0.378 e. The number of hydrogen-bond acceptors (Lipinski definition) is 5. The van der Waals surface area contributed by atoms with Crippen molar-refractivity contribution in [3.63, 3.8) is 0 Å². The molecule has 1 saturated heterocycles. The number of ether oxygens (including phenoxy) is 1. The molecule has 1 fully saturated rings. The molecule has 7 nitrogen and oxygen atoms in total. The number of aromatic nitrogens is 3. The predicted molar refractivity (Wildman–Crippen MR) is 111 cm³/mol. The first kappa shape index (κ1) is 20.3. The number of amides is 1. The lowest BCUT2D eigenvalue weighted by atomic mass is 10.1. The highest BCUT2D eigenvalue weighted by Gasteiger charge is 2.18. The Kier molecular flexibility index (Phi) is 6.67. The van der Waals surface area contributed by atoms with Crippen molar-refractivity contribution in [3.05, 3.63) is 35.3 Å². The molecular formula is C21H31N5O2. The molecule has 0 aliphatic carbocycles. The van der Waals surface area contributed by atoms with E-state index in [-0.39, 0.29) is 5.91 Å². The average Bonchev–Trinajstić information content (AvgIpc) is 2.93. The fraction of sp³-hybridized carbons (Fsp3) is 0.571. The van der Waals surface area contributed by atoms with E-state index < -0.39 is 0 Å². The van der Waals surface area contributed by atoms with E-state index in [4.69, 9.17) is 4.74 Å². The number of hydrogen-bond donors (Lipinski definition) is 1. The van der Waals surface area contributed by atoms with Crippen molar-refractivity contribution in [1.82, 2.24) is 14.8 Å². The lowest BCUT2D eigenvalue weighted by Gasteiger charge is -2.29. The van der Waals surface area contributed by atoms with Gasteiger partial charge >= 0.3 is 0 Å². The van der Waals surface area contributed by atoms with Gasteiger partial charge in [0.05, 0.1) is 24.6 Å². The quantitative estimate of drug-likeness (QED) is 0.793. The second kappa shape index (κ2) is 9.19. The molecule has 1 N–H and O–H groups in total. The SMILES string of the molecule is Cc1nn(CC(C)C)c(C)c1CCC(=O)Nc1cccnc1N1CCOCC1. The molecule has 2 aromatic rings. The van der Waals surface area contributed by atoms with Crippen LogP contribution in [0.3, 0.4) is 0 Å². The van der Waals surface area contributed by atoms with E-state index in [1.807, 2.05) is 19.1 Å². The number of rotatable bonds is 7. The van der Waals surface area contributed by atoms with Crippen molar-refractivity contribution in [2.45, 2.75) is 47.1 Å². The van der Waals surface area contributed by atoms with E-state index in [1.165, 1.54) is 5.56 Å². The molecule has 1 aliphatic rings. The highest BCUT2D eigenvalue weighted by molar-refractivity contribution is 5.93. The van der Waals surface area contributed by atoms with Crippen molar-refractivity contribution in [2.75, 3.05) is 36.5 Å². The molecule has 7 heteroatoms. The highest BCUT2D eigenvalue weighted by atomic mass is 16.5. The number of pyridine rings is 1. The van der Waals surface area contributed by atoms with Crippen molar-refractivity contribution in [2.24, 2.45) is 5.92 Å². The standard InChI is InChI=1S/C21H31N5O2/c1-15(2)14-26-17(4)18(16(3)24-26)7-8-20(27)23-19-6-5-9-22-21(19)25-10-12-28-13-11-25/h5-6,9,15H,7-8,10-14H2,1-4H3,(H,23,27). The molecule has 0 bridgehead atoms. The molecule has 0 saturated carbocycles. The molecule has 0 aromatic carbocycles. The van der Waals surface area contributed by atoms with E-state index in [0.717, 1.165) is 42.5 Å². The Morgan fingerprint density at radius 3 is 2.75 bits per heavy atom. The fourth-order valence-corrected chi connectivity index (χ4v) is 3.59. The molecule has 152 valence electrons. The van der Waals surface area contributed by atoms with Gasteiger partial charge in [0.1, 0.15) is 0 Å². The van der Waals surface area contributed by atoms with Crippen molar-refractivity contribution >= 4 is 17.4 Å². The maximum Gasteiger partial charge on any atom is 0.224 e. The van der Waals surface area contributed by atoms with Gasteiger partial charge in [0.15, 0.2) is 5.82 Å². The van der Waals surface area contributed by atoms with Gasteiger partial charge in [-0.2, -0.15) is 5.10 Å². The van der Waals surface area contributed by atoms with Crippen LogP contribution in [0.4, 0.5) is 11.5 Å². The van der Waals surface area contributed by atoms with Gasteiger partial charge in [-0.25, -0.2) is 4.98 Å². The molecule has 28 heavy (non-hydrogen) atoms. The van der Waals surface area contributed by atoms with E-state index in [1.54, 1.807) is 6.20 Å². The normalized spacial score (nSPS) is 14.5. The Labute approximate surface area is 167 Å². The second-order valence-corrected chi connectivity index (χ2v) is 7.75. The molecule has 1 aliphatic heterocycles. The third-order valence-corrected chi connectivity index (χ3v) is 5.04. The summed E-state index contributed by atoms with van der Waals surface area (Å²) in [5.74, 6) is 1.35. The number of morpholine rings is 1. The minimum absolute atomic E-state index is 0.00193. The Balaban J connectivity index is 1.63. The zero-order chi connectivity index (χ0) is 20.1. The first-order chi connectivity index (χ1) is 13.5. The van der Waals surface area contributed by atoms with E-state index in [0.29, 0.717) is 32.0 Å². The Morgan fingerprint density at radius 2 is 2.04 bits per heavy atom. The summed E-state index contributed by atoms with van der Waals surface area (Å²) < 4.78 is 7.47. The van der Waals surface area contributed by atoms with Crippen LogP contribution in [-0.4, -0.2) is 47.0 Å². The van der Waals surface area contributed by atoms with Gasteiger partial charge in [0, 0.05) is 37.9 Å². The Morgan fingerprint density at radius 1 is 1.29 bits per heavy atom. The molecule has 0 spiro atoms. The van der Waals surface area contributed by atoms with Crippen LogP contribution in [0.2, 0.25) is 0 Å². The van der Waals surface area contributed by atoms with Crippen LogP contribution in [0, 0.1) is 19.8 Å². The van der Waals surface area contributed by atoms with E-state index >= 15 is 0 Å². The summed E-state index contributed by atoms with van der Waals surface area (Å²) in [6, 6.07) is 3.76. The third kappa shape index (κ3) is 4.90. The van der Waals surface area contributed by atoms with Crippen LogP contribution in [0.15, 0.2) is 18.3 Å². The maximum absolute atomic E-state index is 12.6. The monoisotopic (exact) mass is 385 g/mol. The van der Waals surface area contributed by atoms with Gasteiger partial charge in [0.25, 0.3) is 0 Å². The average molecular weight is 386 g/mol. The van der Waals surface area contributed by atoms with Crippen LogP contribution in [-0.2, 0) is 22.5 Å². The first-order valence-corrected chi connectivity index (χ1v) is 10.1. The largest absolute Gasteiger partial charge is 0.378 e. The van der Waals surface area contributed by atoms with Crippen molar-refractivity contribution in [3.8, 4) is 0 Å². The summed E-state index contributed by atoms with van der Waals surface area (Å²) in [6.07, 6.45) is 2.87. The Hall–Kier alpha value is -2.41. The van der Waals surface area contributed by atoms with Crippen LogP contribution in [0.25, 0.3) is 0 Å². The van der Waals surface area contributed by atoms with Crippen LogP contribution in [0.1, 0.15) is 37.2 Å². The fourth-order valence-electron chi connectivity index (χ4n) is 3.59. The number of nitrogens with zero attached hydrogens (tertiary/aromatic N) is 4. The van der Waals surface area contributed by atoms with Gasteiger partial charge in [0.2, 0.25) is 5.91 Å². The molecular weight excluding hydrogens is 354 g/mol. The predicted octanol–water partition coefficient (Wildman–Crippen LogP) is 2.96. The lowest BCUT2D eigenvalue weighted by Crippen LogP contribution is -2.37. The van der Waals surface area contributed by atoms with Gasteiger partial charge in [-0.05, 0) is 43.9 Å². The Bertz CT molecular complexity index is 809. The topological polar surface area (TPSA) is 72.3 Å². The van der Waals surface area contributed by atoms with Crippen LogP contribution < -0.4 is 10.2 Å². The summed E-state index contributed by atoms with van der Waals surface area (Å²) in [7, 11) is 0. The number of carbonyl (C=O) groups is 1. The zero-order valence-corrected chi connectivity index (χ0v) is 17.4. The highest BCUT2D eigenvalue weighted by Crippen LogP contribution is 2.24. The number of nitrogens with one attached hydrogen (secondary N) is 1. The third-order valence-electron chi connectivity index (χ3n) is 5.04. The molecule has 3 rings (SSSR count). The van der Waals surface area contributed by atoms with Gasteiger partial charge < -0.3 is 15.0 Å². The molecule has 3 heterocycles. The second-order valence-electron chi connectivity index (χ2n) is 7.75. The van der Waals surface area contributed by atoms with Gasteiger partial charge in [-0.1, -0.05) is 13.8 Å². The molecule has 0 radical (unpaired) electrons. The lowest BCUT2D eigenvalue weighted by molar-refractivity contribution is -0.116. The summed E-state index contributed by atoms with van der Waals surface area (Å²) in [5.41, 5.74) is 4.12. The number of carbonyl (C=O) groups excluding carboxylic acids is 1. The first-order valence-electron chi connectivity index (χ1n) is 10.1. The van der Waals surface area contributed by atoms with Crippen molar-refractivity contribution in [1.29, 1.82) is 0 Å². The van der Waals surface area contributed by atoms with Gasteiger partial charge in [-0.3, -0.25) is 9.48 Å². The van der Waals surface area contributed by atoms with Crippen LogP contribution in [0.5, 0.6) is 0 Å². The summed E-state index contributed by atoms with van der Waals surface area (Å²) in [4.78, 5) is 19.2. The summed E-state index contributed by atoms with van der Waals surface area (Å²) in [6.45, 7) is 12.3. The van der Waals surface area contributed by atoms with Crippen molar-refractivity contribution < 1.29 is 9.53 Å². The van der Waals surface area contributed by atoms with E-state index in [2.05, 4.69) is 45.8 Å². The molecule has 1 amide bonds. The van der Waals surface area contributed by atoms with Crippen LogP contribution >= 0.6 is 0 Å². The minimum atomic E-state index is -0.00193. The number of anilines is 2. The molecule has 2 aromatic heterocycles. The summed E-state index contributed by atoms with van der Waals surface area (Å²) >= 11 is 0.